The molecule has 1 atom stereocenters. The first-order valence-corrected chi connectivity index (χ1v) is 7.67. The van der Waals surface area contributed by atoms with Crippen LogP contribution in [0.4, 0.5) is 0 Å². The molecule has 0 bridgehead atoms. The van der Waals surface area contributed by atoms with Crippen LogP contribution in [0.25, 0.3) is 0 Å². The first kappa shape index (κ1) is 13.9. The highest BCUT2D eigenvalue weighted by molar-refractivity contribution is 9.10. The van der Waals surface area contributed by atoms with Crippen LogP contribution < -0.4 is 10.1 Å². The van der Waals surface area contributed by atoms with Gasteiger partial charge in [0.05, 0.1) is 0 Å². The number of hydrogen-bond acceptors (Lipinski definition) is 2. The molecule has 1 saturated carbocycles. The van der Waals surface area contributed by atoms with Gasteiger partial charge < -0.3 is 10.1 Å². The largest absolute Gasteiger partial charge is 0.492 e. The highest BCUT2D eigenvalue weighted by atomic mass is 79.9. The van der Waals surface area contributed by atoms with Crippen molar-refractivity contribution >= 4 is 15.9 Å². The quantitative estimate of drug-likeness (QED) is 0.802. The zero-order valence-electron chi connectivity index (χ0n) is 11.0. The van der Waals surface area contributed by atoms with Crippen molar-refractivity contribution in [1.29, 1.82) is 0 Å². The van der Waals surface area contributed by atoms with Crippen molar-refractivity contribution in [1.82, 2.24) is 5.32 Å². The minimum absolute atomic E-state index is 0.626. The number of benzene rings is 1. The zero-order valence-corrected chi connectivity index (χ0v) is 12.6. The van der Waals surface area contributed by atoms with E-state index in [1.54, 1.807) is 0 Å². The second kappa shape index (κ2) is 7.15. The average Bonchev–Trinajstić information content (AvgIpc) is 2.90. The van der Waals surface area contributed by atoms with Crippen LogP contribution in [0.1, 0.15) is 32.6 Å². The summed E-state index contributed by atoms with van der Waals surface area (Å²) in [5, 5.41) is 3.57. The van der Waals surface area contributed by atoms with E-state index in [1.807, 2.05) is 24.3 Å². The third-order valence-corrected chi connectivity index (χ3v) is 4.29. The summed E-state index contributed by atoms with van der Waals surface area (Å²) in [6, 6.07) is 8.61. The van der Waals surface area contributed by atoms with E-state index in [-0.39, 0.29) is 0 Å². The molecule has 1 N–H and O–H groups in total. The van der Waals surface area contributed by atoms with Crippen molar-refractivity contribution in [3.05, 3.63) is 28.7 Å². The predicted octanol–water partition coefficient (Wildman–Crippen LogP) is 4.00. The number of nitrogens with one attached hydrogen (secondary N) is 1. The summed E-state index contributed by atoms with van der Waals surface area (Å²) in [6.07, 6.45) is 5.60. The minimum Gasteiger partial charge on any atom is -0.492 e. The standard InChI is InChI=1S/C15H22BrNO/c1-12(13-4-2-3-5-13)17-10-11-18-15-8-6-14(16)7-9-15/h6-9,12-13,17H,2-5,10-11H2,1H3/t12-/m0/s1. The molecule has 1 aliphatic rings. The second-order valence-electron chi connectivity index (χ2n) is 5.09. The van der Waals surface area contributed by atoms with E-state index in [0.717, 1.165) is 29.3 Å². The van der Waals surface area contributed by atoms with Crippen LogP contribution in [0.15, 0.2) is 28.7 Å². The summed E-state index contributed by atoms with van der Waals surface area (Å²) in [6.45, 7) is 3.96. The SMILES string of the molecule is C[C@H](NCCOc1ccc(Br)cc1)C1CCCC1. The van der Waals surface area contributed by atoms with E-state index in [9.17, 15) is 0 Å². The van der Waals surface area contributed by atoms with Crippen LogP contribution in [-0.2, 0) is 0 Å². The van der Waals surface area contributed by atoms with Gasteiger partial charge in [0.2, 0.25) is 0 Å². The summed E-state index contributed by atoms with van der Waals surface area (Å²) in [7, 11) is 0. The number of hydrogen-bond donors (Lipinski definition) is 1. The number of ether oxygens (including phenoxy) is 1. The molecule has 0 saturated heterocycles. The lowest BCUT2D eigenvalue weighted by molar-refractivity contribution is 0.290. The van der Waals surface area contributed by atoms with E-state index >= 15 is 0 Å². The smallest absolute Gasteiger partial charge is 0.119 e. The third-order valence-electron chi connectivity index (χ3n) is 3.76. The monoisotopic (exact) mass is 311 g/mol. The van der Waals surface area contributed by atoms with E-state index in [4.69, 9.17) is 4.74 Å². The number of rotatable bonds is 6. The molecule has 1 fully saturated rings. The fourth-order valence-electron chi connectivity index (χ4n) is 2.61. The normalized spacial score (nSPS) is 17.9. The van der Waals surface area contributed by atoms with Gasteiger partial charge in [0.15, 0.2) is 0 Å². The van der Waals surface area contributed by atoms with Gasteiger partial charge in [-0.25, -0.2) is 0 Å². The van der Waals surface area contributed by atoms with Gasteiger partial charge >= 0.3 is 0 Å². The Hall–Kier alpha value is -0.540. The van der Waals surface area contributed by atoms with Gasteiger partial charge in [-0.05, 0) is 49.9 Å². The molecule has 0 amide bonds. The predicted molar refractivity (Wildman–Crippen MR) is 79.1 cm³/mol. The molecule has 0 aliphatic heterocycles. The van der Waals surface area contributed by atoms with Crippen molar-refractivity contribution in [3.8, 4) is 5.75 Å². The van der Waals surface area contributed by atoms with Crippen molar-refractivity contribution in [2.24, 2.45) is 5.92 Å². The average molecular weight is 312 g/mol. The van der Waals surface area contributed by atoms with E-state index in [2.05, 4.69) is 28.2 Å². The van der Waals surface area contributed by atoms with Crippen molar-refractivity contribution < 1.29 is 4.74 Å². The van der Waals surface area contributed by atoms with Gasteiger partial charge in [-0.2, -0.15) is 0 Å². The Labute approximate surface area is 118 Å². The maximum Gasteiger partial charge on any atom is 0.119 e. The maximum atomic E-state index is 5.69. The molecular formula is C15H22BrNO. The molecule has 1 aliphatic carbocycles. The van der Waals surface area contributed by atoms with Crippen LogP contribution in [0.3, 0.4) is 0 Å². The summed E-state index contributed by atoms with van der Waals surface area (Å²) in [4.78, 5) is 0. The lowest BCUT2D eigenvalue weighted by Gasteiger charge is -2.20. The zero-order chi connectivity index (χ0) is 12.8. The first-order chi connectivity index (χ1) is 8.75. The fraction of sp³-hybridized carbons (Fsp3) is 0.600. The van der Waals surface area contributed by atoms with E-state index in [1.165, 1.54) is 25.7 Å². The third kappa shape index (κ3) is 4.29. The molecule has 0 aromatic heterocycles. The Morgan fingerprint density at radius 2 is 1.94 bits per heavy atom. The van der Waals surface area contributed by atoms with Gasteiger partial charge in [-0.1, -0.05) is 28.8 Å². The maximum absolute atomic E-state index is 5.69. The van der Waals surface area contributed by atoms with Gasteiger partial charge in [0, 0.05) is 17.1 Å². The summed E-state index contributed by atoms with van der Waals surface area (Å²) >= 11 is 3.42. The van der Waals surface area contributed by atoms with Gasteiger partial charge in [-0.15, -0.1) is 0 Å². The van der Waals surface area contributed by atoms with E-state index < -0.39 is 0 Å². The topological polar surface area (TPSA) is 21.3 Å². The lowest BCUT2D eigenvalue weighted by Crippen LogP contribution is -2.35. The molecule has 1 aromatic carbocycles. The Kier molecular flexibility index (Phi) is 5.51. The molecule has 2 nitrogen and oxygen atoms in total. The molecule has 2 rings (SSSR count). The molecule has 0 heterocycles. The molecular weight excluding hydrogens is 290 g/mol. The molecule has 0 spiro atoms. The van der Waals surface area contributed by atoms with Gasteiger partial charge in [0.25, 0.3) is 0 Å². The number of halogens is 1. The first-order valence-electron chi connectivity index (χ1n) is 6.87. The van der Waals surface area contributed by atoms with Crippen LogP contribution >= 0.6 is 15.9 Å². The highest BCUT2D eigenvalue weighted by Crippen LogP contribution is 2.27. The van der Waals surface area contributed by atoms with Crippen LogP contribution in [0.5, 0.6) is 5.75 Å². The van der Waals surface area contributed by atoms with Gasteiger partial charge in [-0.3, -0.25) is 0 Å². The Morgan fingerprint density at radius 3 is 2.61 bits per heavy atom. The van der Waals surface area contributed by atoms with Gasteiger partial charge in [0.1, 0.15) is 12.4 Å². The summed E-state index contributed by atoms with van der Waals surface area (Å²) < 4.78 is 6.78. The van der Waals surface area contributed by atoms with Crippen molar-refractivity contribution in [2.75, 3.05) is 13.2 Å². The summed E-state index contributed by atoms with van der Waals surface area (Å²) in [5.41, 5.74) is 0. The van der Waals surface area contributed by atoms with E-state index in [0.29, 0.717) is 6.04 Å². The Balaban J connectivity index is 1.62. The summed E-state index contributed by atoms with van der Waals surface area (Å²) in [5.74, 6) is 1.81. The Morgan fingerprint density at radius 1 is 1.28 bits per heavy atom. The lowest BCUT2D eigenvalue weighted by atomic mass is 10.00. The Bertz CT molecular complexity index is 346. The second-order valence-corrected chi connectivity index (χ2v) is 6.01. The molecule has 3 heteroatoms. The molecule has 100 valence electrons. The highest BCUT2D eigenvalue weighted by Gasteiger charge is 2.20. The molecule has 0 unspecified atom stereocenters. The molecule has 1 aromatic rings. The van der Waals surface area contributed by atoms with Crippen molar-refractivity contribution in [2.45, 2.75) is 38.6 Å². The van der Waals surface area contributed by atoms with Crippen molar-refractivity contribution in [3.63, 3.8) is 0 Å². The fourth-order valence-corrected chi connectivity index (χ4v) is 2.87. The molecule has 0 radical (unpaired) electrons. The molecule has 18 heavy (non-hydrogen) atoms. The minimum atomic E-state index is 0.626. The van der Waals surface area contributed by atoms with Crippen LogP contribution in [0, 0.1) is 5.92 Å². The van der Waals surface area contributed by atoms with Crippen LogP contribution in [0.2, 0.25) is 0 Å². The van der Waals surface area contributed by atoms with Crippen LogP contribution in [-0.4, -0.2) is 19.2 Å².